The Bertz CT molecular complexity index is 1280. The standard InChI is InChI=1S/C24H21N3O4S/c1-18-16-22(27(15-5-14-25)32(30,31)23-6-3-2-4-7-23)13-10-20(18)17-26-21-11-8-19(9-12-21)24(28)29/h2-4,6-13,16-17H,5,15H2,1H3,(H,28,29). The van der Waals surface area contributed by atoms with Crippen molar-refractivity contribution in [3.05, 3.63) is 89.5 Å². The topological polar surface area (TPSA) is 111 Å². The maximum Gasteiger partial charge on any atom is 0.335 e. The van der Waals surface area contributed by atoms with Crippen LogP contribution in [0, 0.1) is 18.3 Å². The van der Waals surface area contributed by atoms with E-state index in [4.69, 9.17) is 10.4 Å². The van der Waals surface area contributed by atoms with E-state index in [1.165, 1.54) is 28.6 Å². The fraction of sp³-hybridized carbons (Fsp3) is 0.125. The van der Waals surface area contributed by atoms with Gasteiger partial charge in [-0.25, -0.2) is 13.2 Å². The molecule has 0 amide bonds. The summed E-state index contributed by atoms with van der Waals surface area (Å²) in [5, 5.41) is 18.0. The van der Waals surface area contributed by atoms with E-state index >= 15 is 0 Å². The van der Waals surface area contributed by atoms with Gasteiger partial charge in [0.15, 0.2) is 0 Å². The van der Waals surface area contributed by atoms with Gasteiger partial charge in [-0.2, -0.15) is 5.26 Å². The molecule has 0 bridgehead atoms. The van der Waals surface area contributed by atoms with Gasteiger partial charge >= 0.3 is 5.97 Å². The normalized spacial score (nSPS) is 11.2. The molecule has 0 fully saturated rings. The van der Waals surface area contributed by atoms with Crippen molar-refractivity contribution in [1.29, 1.82) is 5.26 Å². The van der Waals surface area contributed by atoms with Crippen molar-refractivity contribution >= 4 is 33.6 Å². The summed E-state index contributed by atoms with van der Waals surface area (Å²) in [6.07, 6.45) is 1.70. The average Bonchev–Trinajstić information content (AvgIpc) is 2.79. The molecule has 0 saturated carbocycles. The minimum absolute atomic E-state index is 0.0382. The van der Waals surface area contributed by atoms with E-state index < -0.39 is 16.0 Å². The zero-order valence-electron chi connectivity index (χ0n) is 17.3. The summed E-state index contributed by atoms with van der Waals surface area (Å²) in [7, 11) is -3.82. The number of carbonyl (C=O) groups is 1. The first-order chi connectivity index (χ1) is 15.3. The molecule has 0 heterocycles. The molecule has 3 aromatic carbocycles. The molecule has 162 valence electrons. The molecule has 0 unspecified atom stereocenters. The van der Waals surface area contributed by atoms with Crippen LogP contribution >= 0.6 is 0 Å². The Morgan fingerprint density at radius 1 is 1.09 bits per heavy atom. The lowest BCUT2D eigenvalue weighted by molar-refractivity contribution is 0.0697. The summed E-state index contributed by atoms with van der Waals surface area (Å²) >= 11 is 0. The Labute approximate surface area is 186 Å². The first kappa shape index (κ1) is 22.7. The monoisotopic (exact) mass is 447 g/mol. The van der Waals surface area contributed by atoms with Crippen LogP contribution in [-0.4, -0.2) is 32.3 Å². The molecule has 0 atom stereocenters. The molecule has 32 heavy (non-hydrogen) atoms. The summed E-state index contributed by atoms with van der Waals surface area (Å²) in [6, 6.07) is 21.5. The fourth-order valence-corrected chi connectivity index (χ4v) is 4.53. The van der Waals surface area contributed by atoms with Crippen LogP contribution in [-0.2, 0) is 10.0 Å². The lowest BCUT2D eigenvalue weighted by atomic mass is 10.1. The van der Waals surface area contributed by atoms with Crippen molar-refractivity contribution in [3.63, 3.8) is 0 Å². The van der Waals surface area contributed by atoms with E-state index in [2.05, 4.69) is 4.99 Å². The number of aliphatic imine (C=N–C) groups is 1. The molecule has 3 rings (SSSR count). The maximum atomic E-state index is 13.2. The lowest BCUT2D eigenvalue weighted by Crippen LogP contribution is -2.32. The number of nitrogens with zero attached hydrogens (tertiary/aromatic N) is 3. The minimum atomic E-state index is -3.82. The van der Waals surface area contributed by atoms with Gasteiger partial charge in [0, 0.05) is 12.8 Å². The molecule has 8 heteroatoms. The number of benzene rings is 3. The van der Waals surface area contributed by atoms with E-state index in [1.54, 1.807) is 54.7 Å². The summed E-state index contributed by atoms with van der Waals surface area (Å²) in [5.74, 6) is -1.00. The van der Waals surface area contributed by atoms with Gasteiger partial charge < -0.3 is 5.11 Å². The van der Waals surface area contributed by atoms with Gasteiger partial charge in [-0.05, 0) is 66.6 Å². The molecular weight excluding hydrogens is 426 g/mol. The van der Waals surface area contributed by atoms with Crippen LogP contribution in [0.1, 0.15) is 27.9 Å². The first-order valence-corrected chi connectivity index (χ1v) is 11.2. The van der Waals surface area contributed by atoms with Crippen LogP contribution in [0.4, 0.5) is 11.4 Å². The quantitative estimate of drug-likeness (QED) is 0.509. The van der Waals surface area contributed by atoms with Crippen molar-refractivity contribution in [2.75, 3.05) is 10.8 Å². The highest BCUT2D eigenvalue weighted by atomic mass is 32.2. The molecule has 0 aliphatic heterocycles. The summed E-state index contributed by atoms with van der Waals surface area (Å²) in [4.78, 5) is 15.5. The molecule has 0 aliphatic carbocycles. The van der Waals surface area contributed by atoms with Gasteiger partial charge in [0.05, 0.1) is 34.3 Å². The van der Waals surface area contributed by atoms with Gasteiger partial charge in [0.1, 0.15) is 0 Å². The van der Waals surface area contributed by atoms with Crippen molar-refractivity contribution in [3.8, 4) is 6.07 Å². The molecule has 3 aromatic rings. The highest BCUT2D eigenvalue weighted by Gasteiger charge is 2.24. The Kier molecular flexibility index (Phi) is 7.03. The number of carboxylic acids is 1. The summed E-state index contributed by atoms with van der Waals surface area (Å²) < 4.78 is 27.6. The molecule has 0 radical (unpaired) electrons. The molecule has 1 N–H and O–H groups in total. The van der Waals surface area contributed by atoms with Crippen molar-refractivity contribution in [1.82, 2.24) is 0 Å². The third kappa shape index (κ3) is 5.20. The molecular formula is C24H21N3O4S. The number of carboxylic acid groups (broad SMARTS) is 1. The predicted octanol–water partition coefficient (Wildman–Crippen LogP) is 4.55. The third-order valence-corrected chi connectivity index (χ3v) is 6.61. The number of rotatable bonds is 8. The van der Waals surface area contributed by atoms with Crippen molar-refractivity contribution < 1.29 is 18.3 Å². The summed E-state index contributed by atoms with van der Waals surface area (Å²) in [6.45, 7) is 1.88. The number of nitriles is 1. The van der Waals surface area contributed by atoms with E-state index in [9.17, 15) is 13.2 Å². The highest BCUT2D eigenvalue weighted by Crippen LogP contribution is 2.26. The SMILES string of the molecule is Cc1cc(N(CCC#N)S(=O)(=O)c2ccccc2)ccc1C=Nc1ccc(C(=O)O)cc1. The number of sulfonamides is 1. The molecule has 7 nitrogen and oxygen atoms in total. The first-order valence-electron chi connectivity index (χ1n) is 9.76. The van der Waals surface area contributed by atoms with Gasteiger partial charge in [-0.3, -0.25) is 9.30 Å². The zero-order valence-corrected chi connectivity index (χ0v) is 18.2. The second-order valence-electron chi connectivity index (χ2n) is 6.95. The van der Waals surface area contributed by atoms with Crippen molar-refractivity contribution in [2.24, 2.45) is 4.99 Å². The van der Waals surface area contributed by atoms with E-state index in [0.29, 0.717) is 11.4 Å². The fourth-order valence-electron chi connectivity index (χ4n) is 3.05. The predicted molar refractivity (Wildman–Crippen MR) is 123 cm³/mol. The van der Waals surface area contributed by atoms with Crippen LogP contribution in [0.15, 0.2) is 82.7 Å². The molecule has 0 spiro atoms. The molecule has 0 saturated heterocycles. The summed E-state index contributed by atoms with van der Waals surface area (Å²) in [5.41, 5.74) is 2.83. The Hall–Kier alpha value is -3.96. The maximum absolute atomic E-state index is 13.2. The largest absolute Gasteiger partial charge is 0.478 e. The van der Waals surface area contributed by atoms with Gasteiger partial charge in [0.25, 0.3) is 10.0 Å². The number of hydrogen-bond acceptors (Lipinski definition) is 5. The number of aryl methyl sites for hydroxylation is 1. The van der Waals surface area contributed by atoms with Crippen molar-refractivity contribution in [2.45, 2.75) is 18.2 Å². The number of aromatic carboxylic acids is 1. The van der Waals surface area contributed by atoms with Crippen LogP contribution in [0.25, 0.3) is 0 Å². The van der Waals surface area contributed by atoms with Gasteiger partial charge in [-0.1, -0.05) is 24.3 Å². The smallest absolute Gasteiger partial charge is 0.335 e. The Balaban J connectivity index is 1.89. The minimum Gasteiger partial charge on any atom is -0.478 e. The molecule has 0 aromatic heterocycles. The van der Waals surface area contributed by atoms with E-state index in [-0.39, 0.29) is 23.4 Å². The second-order valence-corrected chi connectivity index (χ2v) is 8.81. The average molecular weight is 448 g/mol. The van der Waals surface area contributed by atoms with Gasteiger partial charge in [0.2, 0.25) is 0 Å². The van der Waals surface area contributed by atoms with Crippen LogP contribution in [0.5, 0.6) is 0 Å². The third-order valence-electron chi connectivity index (χ3n) is 4.77. The van der Waals surface area contributed by atoms with E-state index in [0.717, 1.165) is 11.1 Å². The van der Waals surface area contributed by atoms with Gasteiger partial charge in [-0.15, -0.1) is 0 Å². The lowest BCUT2D eigenvalue weighted by Gasteiger charge is -2.24. The number of hydrogen-bond donors (Lipinski definition) is 1. The van der Waals surface area contributed by atoms with Crippen LogP contribution in [0.3, 0.4) is 0 Å². The second kappa shape index (κ2) is 9.90. The number of anilines is 1. The Morgan fingerprint density at radius 2 is 1.78 bits per heavy atom. The highest BCUT2D eigenvalue weighted by molar-refractivity contribution is 7.92. The van der Waals surface area contributed by atoms with Crippen LogP contribution in [0.2, 0.25) is 0 Å². The van der Waals surface area contributed by atoms with E-state index in [1.807, 2.05) is 13.0 Å². The zero-order chi connectivity index (χ0) is 23.1. The Morgan fingerprint density at radius 3 is 2.38 bits per heavy atom. The van der Waals surface area contributed by atoms with Crippen LogP contribution < -0.4 is 4.31 Å². The molecule has 0 aliphatic rings.